The Morgan fingerprint density at radius 3 is 1.81 bits per heavy atom. The van der Waals surface area contributed by atoms with E-state index in [-0.39, 0.29) is 39.1 Å². The highest BCUT2D eigenvalue weighted by atomic mass is 16.5. The van der Waals surface area contributed by atoms with E-state index in [4.69, 9.17) is 14.2 Å². The summed E-state index contributed by atoms with van der Waals surface area (Å²) in [5.41, 5.74) is 0. The first-order chi connectivity index (χ1) is 9.96. The first-order valence-electron chi connectivity index (χ1n) is 6.96. The Hall–Kier alpha value is -1.92. The van der Waals surface area contributed by atoms with Crippen LogP contribution in [0.15, 0.2) is 0 Å². The molecule has 120 valence electrons. The molecule has 0 N–H and O–H groups in total. The highest BCUT2D eigenvalue weighted by Gasteiger charge is 2.31. The Morgan fingerprint density at radius 1 is 0.762 bits per heavy atom. The first-order valence-corrected chi connectivity index (χ1v) is 6.96. The molecule has 0 fully saturated rings. The smallest absolute Gasteiger partial charge is 0.317 e. The normalized spacial score (nSPS) is 11.4. The number of rotatable bonds is 10. The van der Waals surface area contributed by atoms with Crippen molar-refractivity contribution in [2.24, 2.45) is 5.92 Å². The van der Waals surface area contributed by atoms with Crippen LogP contribution in [0.1, 0.15) is 40.0 Å². The number of carbonyl (C=O) groups excluding carboxylic acids is 4. The van der Waals surface area contributed by atoms with Gasteiger partial charge in [-0.1, -0.05) is 0 Å². The summed E-state index contributed by atoms with van der Waals surface area (Å²) in [6.45, 7) is 5.36. The van der Waals surface area contributed by atoms with Crippen LogP contribution < -0.4 is 0 Å². The maximum absolute atomic E-state index is 12.0. The van der Waals surface area contributed by atoms with Gasteiger partial charge in [-0.3, -0.25) is 19.2 Å². The van der Waals surface area contributed by atoms with Crippen molar-refractivity contribution < 1.29 is 33.4 Å². The molecule has 0 amide bonds. The SMILES string of the molecule is CCOC(=O)CCC(=O)C(CC(=O)OCC)C(=O)OCC. The van der Waals surface area contributed by atoms with Crippen LogP contribution in [0, 0.1) is 5.92 Å². The molecule has 7 nitrogen and oxygen atoms in total. The Labute approximate surface area is 123 Å². The molecule has 0 aromatic rings. The number of hydrogen-bond donors (Lipinski definition) is 0. The fourth-order valence-corrected chi connectivity index (χ4v) is 1.59. The molecule has 0 radical (unpaired) electrons. The number of esters is 3. The molecule has 21 heavy (non-hydrogen) atoms. The molecule has 0 rings (SSSR count). The maximum Gasteiger partial charge on any atom is 0.317 e. The summed E-state index contributed by atoms with van der Waals surface area (Å²) in [5, 5.41) is 0. The van der Waals surface area contributed by atoms with Gasteiger partial charge in [-0.2, -0.15) is 0 Å². The monoisotopic (exact) mass is 302 g/mol. The number of carbonyl (C=O) groups is 4. The van der Waals surface area contributed by atoms with Crippen molar-refractivity contribution in [1.82, 2.24) is 0 Å². The van der Waals surface area contributed by atoms with Gasteiger partial charge in [0.15, 0.2) is 0 Å². The van der Waals surface area contributed by atoms with Gasteiger partial charge in [-0.15, -0.1) is 0 Å². The van der Waals surface area contributed by atoms with Gasteiger partial charge < -0.3 is 14.2 Å². The minimum Gasteiger partial charge on any atom is -0.466 e. The Bertz CT molecular complexity index is 376. The summed E-state index contributed by atoms with van der Waals surface area (Å²) in [7, 11) is 0. The number of hydrogen-bond acceptors (Lipinski definition) is 7. The number of Topliss-reactive ketones (excluding diaryl/α,β-unsaturated/α-hetero) is 1. The molecule has 1 unspecified atom stereocenters. The Kier molecular flexibility index (Phi) is 9.83. The molecule has 0 saturated carbocycles. The van der Waals surface area contributed by atoms with Crippen molar-refractivity contribution in [1.29, 1.82) is 0 Å². The lowest BCUT2D eigenvalue weighted by atomic mass is 9.97. The second-order valence-corrected chi connectivity index (χ2v) is 4.09. The van der Waals surface area contributed by atoms with E-state index in [9.17, 15) is 19.2 Å². The summed E-state index contributed by atoms with van der Waals surface area (Å²) >= 11 is 0. The third kappa shape index (κ3) is 8.06. The zero-order valence-electron chi connectivity index (χ0n) is 12.7. The van der Waals surface area contributed by atoms with Crippen LogP contribution in [0.4, 0.5) is 0 Å². The Morgan fingerprint density at radius 2 is 1.29 bits per heavy atom. The van der Waals surface area contributed by atoms with Crippen LogP contribution in [-0.4, -0.2) is 43.5 Å². The summed E-state index contributed by atoms with van der Waals surface area (Å²) in [4.78, 5) is 46.4. The second-order valence-electron chi connectivity index (χ2n) is 4.09. The molecule has 7 heteroatoms. The van der Waals surface area contributed by atoms with Crippen LogP contribution in [-0.2, 0) is 33.4 Å². The van der Waals surface area contributed by atoms with E-state index in [0.29, 0.717) is 0 Å². The summed E-state index contributed by atoms with van der Waals surface area (Å²) in [6.07, 6.45) is -0.693. The van der Waals surface area contributed by atoms with Crippen molar-refractivity contribution in [2.75, 3.05) is 19.8 Å². The number of ether oxygens (including phenoxy) is 3. The highest BCUT2D eigenvalue weighted by molar-refractivity contribution is 6.02. The predicted molar refractivity (Wildman–Crippen MR) is 72.2 cm³/mol. The van der Waals surface area contributed by atoms with Crippen LogP contribution >= 0.6 is 0 Å². The van der Waals surface area contributed by atoms with Gasteiger partial charge in [-0.25, -0.2) is 0 Å². The molecule has 0 aromatic carbocycles. The molecule has 1 atom stereocenters. The average Bonchev–Trinajstić information content (AvgIpc) is 2.43. The molecular formula is C14H22O7. The van der Waals surface area contributed by atoms with Crippen molar-refractivity contribution in [3.05, 3.63) is 0 Å². The summed E-state index contributed by atoms with van der Waals surface area (Å²) in [5.74, 6) is -3.72. The van der Waals surface area contributed by atoms with E-state index >= 15 is 0 Å². The van der Waals surface area contributed by atoms with Crippen molar-refractivity contribution >= 4 is 23.7 Å². The van der Waals surface area contributed by atoms with Crippen LogP contribution in [0.2, 0.25) is 0 Å². The van der Waals surface area contributed by atoms with Gasteiger partial charge in [0.05, 0.1) is 32.7 Å². The second kappa shape index (κ2) is 10.8. The Balaban J connectivity index is 4.62. The van der Waals surface area contributed by atoms with Crippen LogP contribution in [0.3, 0.4) is 0 Å². The lowest BCUT2D eigenvalue weighted by Crippen LogP contribution is -2.29. The largest absolute Gasteiger partial charge is 0.466 e. The fourth-order valence-electron chi connectivity index (χ4n) is 1.59. The van der Waals surface area contributed by atoms with Crippen molar-refractivity contribution in [2.45, 2.75) is 40.0 Å². The van der Waals surface area contributed by atoms with Gasteiger partial charge in [0.2, 0.25) is 0 Å². The van der Waals surface area contributed by atoms with Crippen molar-refractivity contribution in [3.63, 3.8) is 0 Å². The molecule has 0 aliphatic heterocycles. The zero-order valence-corrected chi connectivity index (χ0v) is 12.7. The van der Waals surface area contributed by atoms with E-state index in [1.807, 2.05) is 0 Å². The standard InChI is InChI=1S/C14H22O7/c1-4-19-12(16)8-7-11(15)10(14(18)21-6-3)9-13(17)20-5-2/h10H,4-9H2,1-3H3. The van der Waals surface area contributed by atoms with Gasteiger partial charge in [-0.05, 0) is 20.8 Å². The minimum absolute atomic E-state index is 0.101. The van der Waals surface area contributed by atoms with Crippen molar-refractivity contribution in [3.8, 4) is 0 Å². The molecule has 0 spiro atoms. The highest BCUT2D eigenvalue weighted by Crippen LogP contribution is 2.13. The molecule has 0 saturated heterocycles. The van der Waals surface area contributed by atoms with Gasteiger partial charge >= 0.3 is 17.9 Å². The van der Waals surface area contributed by atoms with Crippen LogP contribution in [0.5, 0.6) is 0 Å². The third-order valence-electron chi connectivity index (χ3n) is 2.52. The van der Waals surface area contributed by atoms with E-state index in [0.717, 1.165) is 0 Å². The van der Waals surface area contributed by atoms with Gasteiger partial charge in [0.1, 0.15) is 11.7 Å². The molecule has 0 heterocycles. The lowest BCUT2D eigenvalue weighted by molar-refractivity contribution is -0.158. The molecular weight excluding hydrogens is 280 g/mol. The van der Waals surface area contributed by atoms with E-state index in [1.54, 1.807) is 20.8 Å². The predicted octanol–water partition coefficient (Wildman–Crippen LogP) is 1.03. The summed E-state index contributed by atoms with van der Waals surface area (Å²) < 4.78 is 14.2. The topological polar surface area (TPSA) is 96.0 Å². The zero-order chi connectivity index (χ0) is 16.3. The average molecular weight is 302 g/mol. The maximum atomic E-state index is 12.0. The first kappa shape index (κ1) is 19.1. The van der Waals surface area contributed by atoms with E-state index < -0.39 is 29.6 Å². The lowest BCUT2D eigenvalue weighted by Gasteiger charge is -2.13. The minimum atomic E-state index is -1.24. The van der Waals surface area contributed by atoms with Crippen LogP contribution in [0.25, 0.3) is 0 Å². The van der Waals surface area contributed by atoms with E-state index in [2.05, 4.69) is 0 Å². The van der Waals surface area contributed by atoms with Gasteiger partial charge in [0.25, 0.3) is 0 Å². The fraction of sp³-hybridized carbons (Fsp3) is 0.714. The molecule has 0 aliphatic carbocycles. The quantitative estimate of drug-likeness (QED) is 0.338. The molecule has 0 bridgehead atoms. The van der Waals surface area contributed by atoms with E-state index in [1.165, 1.54) is 0 Å². The van der Waals surface area contributed by atoms with Gasteiger partial charge in [0, 0.05) is 6.42 Å². The molecule has 0 aliphatic rings. The number of ketones is 1. The summed E-state index contributed by atoms with van der Waals surface area (Å²) in [6, 6.07) is 0. The molecule has 0 aromatic heterocycles. The third-order valence-corrected chi connectivity index (χ3v) is 2.52.